The Kier molecular flexibility index (Phi) is 5.98. The Morgan fingerprint density at radius 1 is 1.11 bits per heavy atom. The number of aromatic amines is 1. The molecule has 3 rings (SSSR count). The predicted molar refractivity (Wildman–Crippen MR) is 96.3 cm³/mol. The Hall–Kier alpha value is -3.42. The van der Waals surface area contributed by atoms with Crippen LogP contribution in [0.4, 0.5) is 4.39 Å². The predicted octanol–water partition coefficient (Wildman–Crippen LogP) is 1.54. The first-order valence-electron chi connectivity index (χ1n) is 8.46. The van der Waals surface area contributed by atoms with Crippen molar-refractivity contribution in [3.05, 3.63) is 87.6 Å². The van der Waals surface area contributed by atoms with Crippen LogP contribution in [0.5, 0.6) is 0 Å². The first-order chi connectivity index (χ1) is 13.1. The van der Waals surface area contributed by atoms with Crippen molar-refractivity contribution in [2.75, 3.05) is 0 Å². The number of aryl methyl sites for hydroxylation is 1. The molecular formula is C19H18FN5O2. The fourth-order valence-corrected chi connectivity index (χ4v) is 2.45. The number of nitrogens with zero attached hydrogens (tertiary/aromatic N) is 3. The lowest BCUT2D eigenvalue weighted by atomic mass is 10.1. The van der Waals surface area contributed by atoms with Crippen molar-refractivity contribution in [3.8, 4) is 0 Å². The summed E-state index contributed by atoms with van der Waals surface area (Å²) < 4.78 is 12.9. The minimum Gasteiger partial charge on any atom is -0.350 e. The van der Waals surface area contributed by atoms with Crippen molar-refractivity contribution in [1.82, 2.24) is 25.5 Å². The number of halogens is 1. The van der Waals surface area contributed by atoms with Crippen LogP contribution in [0.15, 0.2) is 53.5 Å². The zero-order chi connectivity index (χ0) is 19.1. The highest BCUT2D eigenvalue weighted by molar-refractivity contribution is 5.76. The van der Waals surface area contributed by atoms with Crippen LogP contribution >= 0.6 is 0 Å². The molecule has 0 bridgehead atoms. The molecule has 0 aliphatic rings. The van der Waals surface area contributed by atoms with Gasteiger partial charge in [0.25, 0.3) is 5.56 Å². The number of pyridine rings is 1. The van der Waals surface area contributed by atoms with Crippen molar-refractivity contribution >= 4 is 5.91 Å². The SMILES string of the molecule is O=C(CCc1nnc(Cc2ccc(F)cc2)[nH]c1=O)NCc1ccccn1. The van der Waals surface area contributed by atoms with Gasteiger partial charge in [-0.25, -0.2) is 4.39 Å². The van der Waals surface area contributed by atoms with E-state index in [1.165, 1.54) is 12.1 Å². The van der Waals surface area contributed by atoms with Crippen molar-refractivity contribution in [3.63, 3.8) is 0 Å². The van der Waals surface area contributed by atoms with Gasteiger partial charge in [-0.05, 0) is 29.8 Å². The van der Waals surface area contributed by atoms with Crippen LogP contribution in [0.3, 0.4) is 0 Å². The Morgan fingerprint density at radius 2 is 1.93 bits per heavy atom. The quantitative estimate of drug-likeness (QED) is 0.660. The third kappa shape index (κ3) is 5.53. The van der Waals surface area contributed by atoms with Gasteiger partial charge in [0.2, 0.25) is 5.91 Å². The van der Waals surface area contributed by atoms with E-state index < -0.39 is 0 Å². The topological polar surface area (TPSA) is 101 Å². The lowest BCUT2D eigenvalue weighted by Gasteiger charge is -2.05. The largest absolute Gasteiger partial charge is 0.350 e. The molecule has 0 atom stereocenters. The summed E-state index contributed by atoms with van der Waals surface area (Å²) >= 11 is 0. The van der Waals surface area contributed by atoms with E-state index in [1.807, 2.05) is 12.1 Å². The first kappa shape index (κ1) is 18.4. The zero-order valence-electron chi connectivity index (χ0n) is 14.5. The Balaban J connectivity index is 1.52. The molecule has 0 aliphatic carbocycles. The molecule has 0 saturated heterocycles. The van der Waals surface area contributed by atoms with Crippen LogP contribution in [-0.4, -0.2) is 26.1 Å². The van der Waals surface area contributed by atoms with E-state index in [4.69, 9.17) is 0 Å². The van der Waals surface area contributed by atoms with Gasteiger partial charge in [0.15, 0.2) is 0 Å². The molecule has 2 heterocycles. The maximum atomic E-state index is 12.9. The Morgan fingerprint density at radius 3 is 2.63 bits per heavy atom. The fourth-order valence-electron chi connectivity index (χ4n) is 2.45. The van der Waals surface area contributed by atoms with Gasteiger partial charge in [0.1, 0.15) is 17.3 Å². The molecule has 8 heteroatoms. The van der Waals surface area contributed by atoms with Crippen LogP contribution in [0.2, 0.25) is 0 Å². The molecule has 7 nitrogen and oxygen atoms in total. The third-order valence-corrected chi connectivity index (χ3v) is 3.88. The van der Waals surface area contributed by atoms with Crippen molar-refractivity contribution in [1.29, 1.82) is 0 Å². The van der Waals surface area contributed by atoms with Crippen molar-refractivity contribution < 1.29 is 9.18 Å². The molecule has 3 aromatic rings. The average molecular weight is 367 g/mol. The summed E-state index contributed by atoms with van der Waals surface area (Å²) in [5, 5.41) is 10.7. The summed E-state index contributed by atoms with van der Waals surface area (Å²) in [4.78, 5) is 30.8. The molecular weight excluding hydrogens is 349 g/mol. The van der Waals surface area contributed by atoms with E-state index >= 15 is 0 Å². The summed E-state index contributed by atoms with van der Waals surface area (Å²) in [5.41, 5.74) is 1.39. The second-order valence-corrected chi connectivity index (χ2v) is 5.95. The van der Waals surface area contributed by atoms with Crippen molar-refractivity contribution in [2.24, 2.45) is 0 Å². The normalized spacial score (nSPS) is 10.6. The Labute approximate surface area is 154 Å². The van der Waals surface area contributed by atoms with E-state index in [9.17, 15) is 14.0 Å². The zero-order valence-corrected chi connectivity index (χ0v) is 14.5. The lowest BCUT2D eigenvalue weighted by molar-refractivity contribution is -0.121. The number of H-pyrrole nitrogens is 1. The third-order valence-electron chi connectivity index (χ3n) is 3.88. The molecule has 2 aromatic heterocycles. The number of aromatic nitrogens is 4. The molecule has 0 radical (unpaired) electrons. The van der Waals surface area contributed by atoms with Gasteiger partial charge < -0.3 is 10.3 Å². The summed E-state index contributed by atoms with van der Waals surface area (Å²) in [6.45, 7) is 0.332. The second-order valence-electron chi connectivity index (χ2n) is 5.95. The molecule has 0 spiro atoms. The molecule has 138 valence electrons. The lowest BCUT2D eigenvalue weighted by Crippen LogP contribution is -2.26. The standard InChI is InChI=1S/C19H18FN5O2/c20-14-6-4-13(5-7-14)11-17-23-19(27)16(24-25-17)8-9-18(26)22-12-15-3-1-2-10-21-15/h1-7,10H,8-9,11-12H2,(H,22,26)(H,23,25,27). The molecule has 0 unspecified atom stereocenters. The van der Waals surface area contributed by atoms with Gasteiger partial charge >= 0.3 is 0 Å². The van der Waals surface area contributed by atoms with E-state index in [1.54, 1.807) is 24.4 Å². The van der Waals surface area contributed by atoms with E-state index in [-0.39, 0.29) is 35.8 Å². The molecule has 2 N–H and O–H groups in total. The number of nitrogens with one attached hydrogen (secondary N) is 2. The maximum absolute atomic E-state index is 12.9. The van der Waals surface area contributed by atoms with Crippen LogP contribution in [0.25, 0.3) is 0 Å². The number of hydrogen-bond donors (Lipinski definition) is 2. The average Bonchev–Trinajstić information content (AvgIpc) is 2.68. The van der Waals surface area contributed by atoms with Crippen LogP contribution < -0.4 is 10.9 Å². The van der Waals surface area contributed by atoms with Crippen LogP contribution in [0, 0.1) is 5.82 Å². The molecule has 0 fully saturated rings. The summed E-state index contributed by atoms with van der Waals surface area (Å²) in [5.74, 6) is -0.137. The summed E-state index contributed by atoms with van der Waals surface area (Å²) in [7, 11) is 0. The second kappa shape index (κ2) is 8.79. The smallest absolute Gasteiger partial charge is 0.272 e. The molecule has 0 saturated carbocycles. The first-order valence-corrected chi connectivity index (χ1v) is 8.46. The van der Waals surface area contributed by atoms with E-state index in [2.05, 4.69) is 25.5 Å². The summed E-state index contributed by atoms with van der Waals surface area (Å²) in [6.07, 6.45) is 2.31. The number of benzene rings is 1. The number of hydrogen-bond acceptors (Lipinski definition) is 5. The van der Waals surface area contributed by atoms with Gasteiger partial charge in [0, 0.05) is 25.5 Å². The minimum atomic E-state index is -0.375. The highest BCUT2D eigenvalue weighted by atomic mass is 19.1. The van der Waals surface area contributed by atoms with E-state index in [0.29, 0.717) is 18.8 Å². The number of rotatable bonds is 7. The monoisotopic (exact) mass is 367 g/mol. The molecule has 0 aliphatic heterocycles. The molecule has 1 aromatic carbocycles. The van der Waals surface area contributed by atoms with Gasteiger partial charge in [0.05, 0.1) is 12.2 Å². The number of carbonyl (C=O) groups excluding carboxylic acids is 1. The van der Waals surface area contributed by atoms with Crippen LogP contribution in [0.1, 0.15) is 29.2 Å². The number of carbonyl (C=O) groups is 1. The highest BCUT2D eigenvalue weighted by Crippen LogP contribution is 2.06. The Bertz CT molecular complexity index is 958. The molecule has 27 heavy (non-hydrogen) atoms. The van der Waals surface area contributed by atoms with Gasteiger partial charge in [-0.1, -0.05) is 18.2 Å². The van der Waals surface area contributed by atoms with Crippen LogP contribution in [-0.2, 0) is 24.2 Å². The van der Waals surface area contributed by atoms with E-state index in [0.717, 1.165) is 11.3 Å². The van der Waals surface area contributed by atoms with Crippen molar-refractivity contribution in [2.45, 2.75) is 25.8 Å². The highest BCUT2D eigenvalue weighted by Gasteiger charge is 2.09. The molecule has 1 amide bonds. The van der Waals surface area contributed by atoms with Gasteiger partial charge in [-0.2, -0.15) is 0 Å². The number of amides is 1. The fraction of sp³-hybridized carbons (Fsp3) is 0.211. The summed E-state index contributed by atoms with van der Waals surface area (Å²) in [6, 6.07) is 11.4. The minimum absolute atomic E-state index is 0.127. The maximum Gasteiger partial charge on any atom is 0.272 e. The van der Waals surface area contributed by atoms with Gasteiger partial charge in [-0.3, -0.25) is 14.6 Å². The van der Waals surface area contributed by atoms with Gasteiger partial charge in [-0.15, -0.1) is 10.2 Å².